The van der Waals surface area contributed by atoms with Crippen molar-refractivity contribution in [3.8, 4) is 0 Å². The summed E-state index contributed by atoms with van der Waals surface area (Å²) >= 11 is 3.59. The van der Waals surface area contributed by atoms with Crippen LogP contribution >= 0.6 is 15.9 Å². The molecule has 0 fully saturated rings. The number of nitrogens with two attached hydrogens (primary N) is 1. The highest BCUT2D eigenvalue weighted by Crippen LogP contribution is 2.27. The highest BCUT2D eigenvalue weighted by molar-refractivity contribution is 9.10. The van der Waals surface area contributed by atoms with E-state index in [1.165, 1.54) is 15.6 Å². The first kappa shape index (κ1) is 15.5. The Kier molecular flexibility index (Phi) is 5.23. The molecule has 1 aromatic rings. The fourth-order valence-electron chi connectivity index (χ4n) is 2.20. The van der Waals surface area contributed by atoms with Gasteiger partial charge in [-0.3, -0.25) is 0 Å². The summed E-state index contributed by atoms with van der Waals surface area (Å²) in [5.74, 6) is 0. The third-order valence-corrected chi connectivity index (χ3v) is 4.20. The van der Waals surface area contributed by atoms with Crippen molar-refractivity contribution in [2.75, 3.05) is 11.9 Å². The van der Waals surface area contributed by atoms with Crippen LogP contribution in [0.4, 0.5) is 5.69 Å². The van der Waals surface area contributed by atoms with Crippen LogP contribution < -0.4 is 11.1 Å². The van der Waals surface area contributed by atoms with Gasteiger partial charge >= 0.3 is 0 Å². The minimum Gasteiger partial charge on any atom is -0.381 e. The van der Waals surface area contributed by atoms with Crippen molar-refractivity contribution in [2.24, 2.45) is 11.1 Å². The first-order chi connectivity index (χ1) is 8.23. The second-order valence-corrected chi connectivity index (χ2v) is 7.06. The van der Waals surface area contributed by atoms with Gasteiger partial charge in [-0.05, 0) is 48.9 Å². The van der Waals surface area contributed by atoms with Gasteiger partial charge in [0.15, 0.2) is 0 Å². The number of nitrogens with one attached hydrogen (secondary N) is 1. The van der Waals surface area contributed by atoms with Gasteiger partial charge in [-0.15, -0.1) is 0 Å². The van der Waals surface area contributed by atoms with Gasteiger partial charge in [-0.25, -0.2) is 0 Å². The summed E-state index contributed by atoms with van der Waals surface area (Å²) < 4.78 is 1.19. The van der Waals surface area contributed by atoms with Gasteiger partial charge < -0.3 is 11.1 Å². The predicted molar refractivity (Wildman–Crippen MR) is 84.2 cm³/mol. The Bertz CT molecular complexity index is 384. The van der Waals surface area contributed by atoms with E-state index in [0.29, 0.717) is 12.6 Å². The topological polar surface area (TPSA) is 38.0 Å². The Hall–Kier alpha value is -0.540. The number of aryl methyl sites for hydroxylation is 2. The fraction of sp³-hybridized carbons (Fsp3) is 0.600. The number of anilines is 1. The van der Waals surface area contributed by atoms with Gasteiger partial charge in [0.2, 0.25) is 0 Å². The molecule has 102 valence electrons. The molecule has 1 unspecified atom stereocenters. The molecule has 0 aliphatic carbocycles. The van der Waals surface area contributed by atoms with Gasteiger partial charge in [0.05, 0.1) is 0 Å². The maximum atomic E-state index is 5.86. The van der Waals surface area contributed by atoms with Gasteiger partial charge in [-0.1, -0.05) is 36.7 Å². The molecule has 1 rings (SSSR count). The molecule has 0 saturated carbocycles. The van der Waals surface area contributed by atoms with Crippen molar-refractivity contribution >= 4 is 21.6 Å². The van der Waals surface area contributed by atoms with Gasteiger partial charge in [-0.2, -0.15) is 0 Å². The molecule has 0 bridgehead atoms. The quantitative estimate of drug-likeness (QED) is 0.872. The number of benzene rings is 1. The molecule has 2 nitrogen and oxygen atoms in total. The van der Waals surface area contributed by atoms with Gasteiger partial charge in [0.1, 0.15) is 0 Å². The second-order valence-electron chi connectivity index (χ2n) is 6.27. The average molecular weight is 313 g/mol. The number of hydrogen-bond donors (Lipinski definition) is 2. The third-order valence-electron chi connectivity index (χ3n) is 2.95. The molecule has 0 aliphatic rings. The number of hydrogen-bond acceptors (Lipinski definition) is 2. The Balaban J connectivity index is 2.82. The molecular weight excluding hydrogens is 288 g/mol. The van der Waals surface area contributed by atoms with E-state index in [4.69, 9.17) is 5.73 Å². The lowest BCUT2D eigenvalue weighted by molar-refractivity contribution is 0.351. The summed E-state index contributed by atoms with van der Waals surface area (Å²) in [5.41, 5.74) is 9.82. The van der Waals surface area contributed by atoms with Crippen LogP contribution in [0.15, 0.2) is 16.6 Å². The molecule has 0 radical (unpaired) electrons. The highest BCUT2D eigenvalue weighted by atomic mass is 79.9. The molecule has 0 heterocycles. The van der Waals surface area contributed by atoms with Gasteiger partial charge in [0, 0.05) is 22.7 Å². The standard InChI is InChI=1S/C15H25BrN2/c1-10-6-12(7-11(2)14(10)16)18-13(9-17)8-15(3,4)5/h6-7,13,18H,8-9,17H2,1-5H3. The van der Waals surface area contributed by atoms with E-state index >= 15 is 0 Å². The van der Waals surface area contributed by atoms with E-state index in [0.717, 1.165) is 12.1 Å². The Morgan fingerprint density at radius 1 is 1.22 bits per heavy atom. The van der Waals surface area contributed by atoms with Crippen LogP contribution in [0.3, 0.4) is 0 Å². The highest BCUT2D eigenvalue weighted by Gasteiger charge is 2.17. The molecule has 18 heavy (non-hydrogen) atoms. The van der Waals surface area contributed by atoms with Crippen molar-refractivity contribution in [1.29, 1.82) is 0 Å². The van der Waals surface area contributed by atoms with Crippen LogP contribution in [0.25, 0.3) is 0 Å². The molecule has 0 aromatic heterocycles. The molecule has 1 aromatic carbocycles. The predicted octanol–water partition coefficient (Wildman–Crippen LogP) is 4.24. The minimum atomic E-state index is 0.288. The summed E-state index contributed by atoms with van der Waals surface area (Å²) in [5, 5.41) is 3.55. The molecule has 0 amide bonds. The Morgan fingerprint density at radius 3 is 2.11 bits per heavy atom. The third kappa shape index (κ3) is 4.62. The van der Waals surface area contributed by atoms with Crippen molar-refractivity contribution < 1.29 is 0 Å². The van der Waals surface area contributed by atoms with E-state index in [1.807, 2.05) is 0 Å². The van der Waals surface area contributed by atoms with Crippen molar-refractivity contribution in [2.45, 2.75) is 47.1 Å². The van der Waals surface area contributed by atoms with Crippen LogP contribution in [0.1, 0.15) is 38.3 Å². The molecular formula is C15H25BrN2. The molecule has 3 N–H and O–H groups in total. The lowest BCUT2D eigenvalue weighted by atomic mass is 9.88. The summed E-state index contributed by atoms with van der Waals surface area (Å²) in [6.07, 6.45) is 1.07. The smallest absolute Gasteiger partial charge is 0.0388 e. The van der Waals surface area contributed by atoms with Crippen molar-refractivity contribution in [3.05, 3.63) is 27.7 Å². The summed E-state index contributed by atoms with van der Waals surface area (Å²) in [7, 11) is 0. The normalized spacial score (nSPS) is 13.5. The van der Waals surface area contributed by atoms with Crippen LogP contribution in [-0.4, -0.2) is 12.6 Å². The summed E-state index contributed by atoms with van der Waals surface area (Å²) in [6.45, 7) is 11.6. The van der Waals surface area contributed by atoms with Crippen LogP contribution in [0, 0.1) is 19.3 Å². The first-order valence-electron chi connectivity index (χ1n) is 6.46. The lowest BCUT2D eigenvalue weighted by Crippen LogP contribution is -2.32. The first-order valence-corrected chi connectivity index (χ1v) is 7.25. The molecule has 0 aliphatic heterocycles. The zero-order valence-corrected chi connectivity index (χ0v) is 13.7. The zero-order chi connectivity index (χ0) is 13.9. The molecule has 0 saturated heterocycles. The minimum absolute atomic E-state index is 0.288. The molecule has 0 spiro atoms. The van der Waals surface area contributed by atoms with Crippen LogP contribution in [0.5, 0.6) is 0 Å². The second kappa shape index (κ2) is 6.07. The van der Waals surface area contributed by atoms with Crippen LogP contribution in [0.2, 0.25) is 0 Å². The maximum absolute atomic E-state index is 5.86. The van der Waals surface area contributed by atoms with E-state index in [9.17, 15) is 0 Å². The van der Waals surface area contributed by atoms with E-state index in [-0.39, 0.29) is 5.41 Å². The summed E-state index contributed by atoms with van der Waals surface area (Å²) in [6, 6.07) is 4.66. The zero-order valence-electron chi connectivity index (χ0n) is 12.1. The Labute approximate surface area is 119 Å². The van der Waals surface area contributed by atoms with Crippen molar-refractivity contribution in [1.82, 2.24) is 0 Å². The monoisotopic (exact) mass is 312 g/mol. The van der Waals surface area contributed by atoms with E-state index in [1.54, 1.807) is 0 Å². The van der Waals surface area contributed by atoms with E-state index in [2.05, 4.69) is 68.0 Å². The van der Waals surface area contributed by atoms with Gasteiger partial charge in [0.25, 0.3) is 0 Å². The fourth-order valence-corrected chi connectivity index (χ4v) is 2.43. The molecule has 1 atom stereocenters. The number of rotatable bonds is 4. The summed E-state index contributed by atoms with van der Waals surface area (Å²) in [4.78, 5) is 0. The lowest BCUT2D eigenvalue weighted by Gasteiger charge is -2.27. The van der Waals surface area contributed by atoms with E-state index < -0.39 is 0 Å². The largest absolute Gasteiger partial charge is 0.381 e. The maximum Gasteiger partial charge on any atom is 0.0388 e. The number of halogens is 1. The van der Waals surface area contributed by atoms with Crippen molar-refractivity contribution in [3.63, 3.8) is 0 Å². The Morgan fingerprint density at radius 2 is 1.72 bits per heavy atom. The van der Waals surface area contributed by atoms with Crippen LogP contribution in [-0.2, 0) is 0 Å². The molecule has 3 heteroatoms. The SMILES string of the molecule is Cc1cc(NC(CN)CC(C)(C)C)cc(C)c1Br. The average Bonchev–Trinajstić information content (AvgIpc) is 2.23.